The maximum absolute atomic E-state index is 4.26. The van der Waals surface area contributed by atoms with Crippen molar-refractivity contribution in [3.05, 3.63) is 47.9 Å². The summed E-state index contributed by atoms with van der Waals surface area (Å²) in [7, 11) is 2.15. The van der Waals surface area contributed by atoms with Gasteiger partial charge in [0.05, 0.1) is 0 Å². The summed E-state index contributed by atoms with van der Waals surface area (Å²) in [6, 6.07) is 0. The summed E-state index contributed by atoms with van der Waals surface area (Å²) in [5, 5.41) is 0. The molecule has 0 aliphatic heterocycles. The zero-order valence-electron chi connectivity index (χ0n) is 11.9. The molecule has 98 valence electrons. The quantitative estimate of drug-likeness (QED) is 0.697. The standard InChI is InChI=1S/C17H25N/c1-13-5-9-16(10-6-13)15(3)18(4)17-11-7-14(2)8-12-17/h5,9-11,13-14H,3,6-8,12H2,1-2,4H3. The molecule has 0 fully saturated rings. The maximum Gasteiger partial charge on any atom is 0.0402 e. The topological polar surface area (TPSA) is 3.24 Å². The lowest BCUT2D eigenvalue weighted by molar-refractivity contribution is 0.427. The minimum atomic E-state index is 0.668. The first kappa shape index (κ1) is 13.2. The van der Waals surface area contributed by atoms with Crippen molar-refractivity contribution >= 4 is 0 Å². The first-order chi connectivity index (χ1) is 8.58. The van der Waals surface area contributed by atoms with E-state index in [-0.39, 0.29) is 0 Å². The van der Waals surface area contributed by atoms with Gasteiger partial charge >= 0.3 is 0 Å². The average molecular weight is 243 g/mol. The normalized spacial score (nSPS) is 27.5. The molecule has 0 heterocycles. The Bertz CT molecular complexity index is 411. The Kier molecular flexibility index (Phi) is 4.11. The molecule has 1 heteroatoms. The van der Waals surface area contributed by atoms with Crippen molar-refractivity contribution < 1.29 is 0 Å². The average Bonchev–Trinajstić information content (AvgIpc) is 2.39. The van der Waals surface area contributed by atoms with Crippen LogP contribution in [0.1, 0.15) is 39.5 Å². The van der Waals surface area contributed by atoms with Crippen molar-refractivity contribution in [1.29, 1.82) is 0 Å². The third-order valence-electron chi connectivity index (χ3n) is 4.13. The predicted octanol–water partition coefficient (Wildman–Crippen LogP) is 4.66. The number of rotatable bonds is 3. The number of allylic oxidation sites excluding steroid dienone is 5. The zero-order chi connectivity index (χ0) is 13.1. The van der Waals surface area contributed by atoms with Crippen LogP contribution < -0.4 is 0 Å². The Morgan fingerprint density at radius 2 is 2.06 bits per heavy atom. The summed E-state index contributed by atoms with van der Waals surface area (Å²) in [4.78, 5) is 2.28. The SMILES string of the molecule is C=C(C1=CCC(C)C=C1)N(C)C1=CCC(C)CC1. The van der Waals surface area contributed by atoms with E-state index in [0.717, 1.165) is 18.0 Å². The second-order valence-corrected chi connectivity index (χ2v) is 5.81. The van der Waals surface area contributed by atoms with Crippen molar-refractivity contribution in [3.63, 3.8) is 0 Å². The summed E-state index contributed by atoms with van der Waals surface area (Å²) in [6.45, 7) is 8.84. The number of likely N-dealkylation sites (N-methyl/N-ethyl adjacent to an activating group) is 1. The highest BCUT2D eigenvalue weighted by molar-refractivity contribution is 5.40. The van der Waals surface area contributed by atoms with Gasteiger partial charge < -0.3 is 4.90 Å². The van der Waals surface area contributed by atoms with E-state index in [9.17, 15) is 0 Å². The van der Waals surface area contributed by atoms with Crippen LogP contribution in [0.25, 0.3) is 0 Å². The molecule has 2 atom stereocenters. The predicted molar refractivity (Wildman–Crippen MR) is 79.0 cm³/mol. The van der Waals surface area contributed by atoms with Crippen molar-refractivity contribution in [3.8, 4) is 0 Å². The van der Waals surface area contributed by atoms with Gasteiger partial charge in [0, 0.05) is 18.4 Å². The van der Waals surface area contributed by atoms with Gasteiger partial charge in [-0.1, -0.05) is 44.7 Å². The van der Waals surface area contributed by atoms with E-state index in [1.807, 2.05) is 0 Å². The van der Waals surface area contributed by atoms with Crippen LogP contribution >= 0.6 is 0 Å². The van der Waals surface area contributed by atoms with Gasteiger partial charge in [0.15, 0.2) is 0 Å². The molecule has 2 unspecified atom stereocenters. The van der Waals surface area contributed by atoms with E-state index in [0.29, 0.717) is 5.92 Å². The highest BCUT2D eigenvalue weighted by atomic mass is 15.1. The molecule has 0 saturated heterocycles. The van der Waals surface area contributed by atoms with Gasteiger partial charge in [0.1, 0.15) is 0 Å². The molecule has 0 aromatic carbocycles. The van der Waals surface area contributed by atoms with E-state index >= 15 is 0 Å². The summed E-state index contributed by atoms with van der Waals surface area (Å²) >= 11 is 0. The lowest BCUT2D eigenvalue weighted by Crippen LogP contribution is -2.20. The van der Waals surface area contributed by atoms with Crippen molar-refractivity contribution in [1.82, 2.24) is 4.90 Å². The van der Waals surface area contributed by atoms with Crippen LogP contribution in [0.5, 0.6) is 0 Å². The molecule has 2 aliphatic carbocycles. The van der Waals surface area contributed by atoms with Gasteiger partial charge in [-0.25, -0.2) is 0 Å². The van der Waals surface area contributed by atoms with Crippen molar-refractivity contribution in [2.75, 3.05) is 7.05 Å². The van der Waals surface area contributed by atoms with Crippen LogP contribution in [0.4, 0.5) is 0 Å². The Morgan fingerprint density at radius 3 is 2.61 bits per heavy atom. The second-order valence-electron chi connectivity index (χ2n) is 5.81. The third kappa shape index (κ3) is 2.95. The van der Waals surface area contributed by atoms with Gasteiger partial charge in [-0.2, -0.15) is 0 Å². The zero-order valence-corrected chi connectivity index (χ0v) is 11.9. The minimum Gasteiger partial charge on any atom is -0.349 e. The van der Waals surface area contributed by atoms with Gasteiger partial charge in [0.25, 0.3) is 0 Å². The van der Waals surface area contributed by atoms with Crippen LogP contribution in [-0.2, 0) is 0 Å². The van der Waals surface area contributed by atoms with E-state index in [1.54, 1.807) is 0 Å². The molecule has 0 spiro atoms. The summed E-state index contributed by atoms with van der Waals surface area (Å²) in [5.74, 6) is 1.51. The molecule has 18 heavy (non-hydrogen) atoms. The van der Waals surface area contributed by atoms with E-state index < -0.39 is 0 Å². The van der Waals surface area contributed by atoms with Crippen LogP contribution in [0.2, 0.25) is 0 Å². The molecule has 0 aromatic heterocycles. The summed E-state index contributed by atoms with van der Waals surface area (Å²) < 4.78 is 0. The Balaban J connectivity index is 2.03. The van der Waals surface area contributed by atoms with E-state index in [4.69, 9.17) is 0 Å². The number of hydrogen-bond donors (Lipinski definition) is 0. The van der Waals surface area contributed by atoms with Crippen molar-refractivity contribution in [2.45, 2.75) is 39.5 Å². The number of hydrogen-bond acceptors (Lipinski definition) is 1. The van der Waals surface area contributed by atoms with Crippen LogP contribution in [0, 0.1) is 11.8 Å². The first-order valence-electron chi connectivity index (χ1n) is 7.08. The Morgan fingerprint density at radius 1 is 1.28 bits per heavy atom. The van der Waals surface area contributed by atoms with Gasteiger partial charge in [-0.3, -0.25) is 0 Å². The van der Waals surface area contributed by atoms with E-state index in [1.165, 1.54) is 30.5 Å². The van der Waals surface area contributed by atoms with Crippen LogP contribution in [-0.4, -0.2) is 11.9 Å². The lowest BCUT2D eigenvalue weighted by atomic mass is 9.92. The third-order valence-corrected chi connectivity index (χ3v) is 4.13. The molecular formula is C17H25N. The molecule has 0 saturated carbocycles. The Hall–Kier alpha value is -1.24. The lowest BCUT2D eigenvalue weighted by Gasteiger charge is -2.30. The molecule has 0 aromatic rings. The maximum atomic E-state index is 4.26. The molecule has 0 N–H and O–H groups in total. The molecule has 2 rings (SSSR count). The fourth-order valence-electron chi connectivity index (χ4n) is 2.56. The molecule has 0 bridgehead atoms. The molecule has 2 aliphatic rings. The molecule has 0 radical (unpaired) electrons. The highest BCUT2D eigenvalue weighted by Gasteiger charge is 2.16. The van der Waals surface area contributed by atoms with Gasteiger partial charge in [-0.15, -0.1) is 0 Å². The van der Waals surface area contributed by atoms with E-state index in [2.05, 4.69) is 56.7 Å². The smallest absolute Gasteiger partial charge is 0.0402 e. The van der Waals surface area contributed by atoms with Gasteiger partial charge in [0.2, 0.25) is 0 Å². The molecule has 0 amide bonds. The van der Waals surface area contributed by atoms with Gasteiger partial charge in [-0.05, 0) is 43.1 Å². The fraction of sp³-hybridized carbons (Fsp3) is 0.529. The highest BCUT2D eigenvalue weighted by Crippen LogP contribution is 2.29. The summed E-state index contributed by atoms with van der Waals surface area (Å²) in [6.07, 6.45) is 14.0. The van der Waals surface area contributed by atoms with Crippen LogP contribution in [0.15, 0.2) is 47.9 Å². The van der Waals surface area contributed by atoms with Crippen molar-refractivity contribution in [2.24, 2.45) is 11.8 Å². The fourth-order valence-corrected chi connectivity index (χ4v) is 2.56. The first-order valence-corrected chi connectivity index (χ1v) is 7.08. The second kappa shape index (κ2) is 5.60. The molecule has 1 nitrogen and oxygen atoms in total. The minimum absolute atomic E-state index is 0.668. The van der Waals surface area contributed by atoms with Crippen LogP contribution in [0.3, 0.4) is 0 Å². The largest absolute Gasteiger partial charge is 0.349 e. The Labute approximate surface area is 112 Å². The number of nitrogens with zero attached hydrogens (tertiary/aromatic N) is 1. The molecular weight excluding hydrogens is 218 g/mol. The summed E-state index contributed by atoms with van der Waals surface area (Å²) in [5.41, 5.74) is 3.86. The monoisotopic (exact) mass is 243 g/mol.